The fourth-order valence-corrected chi connectivity index (χ4v) is 3.93. The summed E-state index contributed by atoms with van der Waals surface area (Å²) in [5, 5.41) is 10.3. The summed E-state index contributed by atoms with van der Waals surface area (Å²) >= 11 is 0. The van der Waals surface area contributed by atoms with Crippen LogP contribution in [-0.2, 0) is 4.79 Å². The zero-order valence-electron chi connectivity index (χ0n) is 16.1. The van der Waals surface area contributed by atoms with Crippen LogP contribution in [0.2, 0.25) is 0 Å². The molecule has 6 nitrogen and oxygen atoms in total. The van der Waals surface area contributed by atoms with Crippen molar-refractivity contribution in [2.75, 3.05) is 39.3 Å². The van der Waals surface area contributed by atoms with Gasteiger partial charge in [0, 0.05) is 44.2 Å². The van der Waals surface area contributed by atoms with Crippen molar-refractivity contribution in [2.45, 2.75) is 38.7 Å². The first-order valence-corrected chi connectivity index (χ1v) is 9.96. The van der Waals surface area contributed by atoms with Crippen molar-refractivity contribution in [1.29, 1.82) is 0 Å². The Balaban J connectivity index is 1.39. The lowest BCUT2D eigenvalue weighted by Crippen LogP contribution is -2.52. The van der Waals surface area contributed by atoms with Crippen LogP contribution in [0.25, 0.3) is 0 Å². The predicted octanol–water partition coefficient (Wildman–Crippen LogP) is 1.96. The summed E-state index contributed by atoms with van der Waals surface area (Å²) in [5.41, 5.74) is 0.602. The maximum atomic E-state index is 12.5. The molecule has 1 N–H and O–H groups in total. The van der Waals surface area contributed by atoms with Crippen LogP contribution >= 0.6 is 0 Å². The predicted molar refractivity (Wildman–Crippen MR) is 103 cm³/mol. The number of rotatable bonds is 7. The number of carbonyl (C=O) groups is 2. The Kier molecular flexibility index (Phi) is 6.85. The van der Waals surface area contributed by atoms with Gasteiger partial charge in [0.2, 0.25) is 5.91 Å². The van der Waals surface area contributed by atoms with Crippen LogP contribution in [0.15, 0.2) is 24.3 Å². The van der Waals surface area contributed by atoms with Crippen LogP contribution in [0.4, 0.5) is 0 Å². The quantitative estimate of drug-likeness (QED) is 0.739. The molecule has 1 heterocycles. The molecule has 2 fully saturated rings. The molecule has 1 saturated heterocycles. The molecule has 148 valence electrons. The van der Waals surface area contributed by atoms with E-state index in [2.05, 4.69) is 4.90 Å². The van der Waals surface area contributed by atoms with Gasteiger partial charge in [-0.25, -0.2) is 0 Å². The number of amides is 1. The van der Waals surface area contributed by atoms with Crippen molar-refractivity contribution < 1.29 is 19.4 Å². The van der Waals surface area contributed by atoms with E-state index in [0.29, 0.717) is 23.8 Å². The third-order valence-electron chi connectivity index (χ3n) is 5.54. The number of β-amino-alcohol motifs (C(OH)–C–C–N with tert-alkyl or cyclic N) is 1. The number of hydrogen-bond acceptors (Lipinski definition) is 5. The normalized spacial score (nSPS) is 19.9. The molecule has 3 rings (SSSR count). The largest absolute Gasteiger partial charge is 0.491 e. The molecule has 0 spiro atoms. The van der Waals surface area contributed by atoms with Crippen molar-refractivity contribution in [3.05, 3.63) is 29.8 Å². The highest BCUT2D eigenvalue weighted by molar-refractivity contribution is 5.94. The third-order valence-corrected chi connectivity index (χ3v) is 5.54. The molecule has 1 aromatic rings. The number of piperazine rings is 1. The summed E-state index contributed by atoms with van der Waals surface area (Å²) in [4.78, 5) is 28.1. The van der Waals surface area contributed by atoms with Gasteiger partial charge in [0.05, 0.1) is 0 Å². The minimum atomic E-state index is -0.608. The molecule has 0 radical (unpaired) electrons. The summed E-state index contributed by atoms with van der Waals surface area (Å²) in [6.07, 6.45) is 3.83. The van der Waals surface area contributed by atoms with Gasteiger partial charge in [0.1, 0.15) is 18.5 Å². The number of hydrogen-bond donors (Lipinski definition) is 1. The smallest absolute Gasteiger partial charge is 0.225 e. The lowest BCUT2D eigenvalue weighted by atomic mass is 10.1. The Hall–Kier alpha value is -1.92. The molecule has 27 heavy (non-hydrogen) atoms. The molecular weight excluding hydrogens is 344 g/mol. The Labute approximate surface area is 161 Å². The van der Waals surface area contributed by atoms with Crippen LogP contribution in [-0.4, -0.2) is 72.0 Å². The molecule has 0 aromatic heterocycles. The Morgan fingerprint density at radius 3 is 2.56 bits per heavy atom. The molecule has 1 amide bonds. The topological polar surface area (TPSA) is 70.1 Å². The fraction of sp³-hybridized carbons (Fsp3) is 0.619. The van der Waals surface area contributed by atoms with Gasteiger partial charge in [0.15, 0.2) is 5.78 Å². The zero-order chi connectivity index (χ0) is 19.2. The number of carbonyl (C=O) groups excluding carboxylic acids is 2. The average Bonchev–Trinajstić information content (AvgIpc) is 3.21. The molecule has 1 atom stereocenters. The third kappa shape index (κ3) is 5.53. The molecule has 1 unspecified atom stereocenters. The van der Waals surface area contributed by atoms with Crippen LogP contribution in [0, 0.1) is 5.92 Å². The van der Waals surface area contributed by atoms with Crippen LogP contribution < -0.4 is 4.74 Å². The molecule has 1 saturated carbocycles. The molecule has 0 bridgehead atoms. The standard InChI is InChI=1S/C21H30N2O4/c1-16(24)18-7-4-8-20(13-18)27-15-19(25)14-22-9-11-23(12-10-22)21(26)17-5-2-3-6-17/h4,7-8,13,17,19,25H,2-3,5-6,9-12,14-15H2,1H3. The Morgan fingerprint density at radius 2 is 1.89 bits per heavy atom. The van der Waals surface area contributed by atoms with Crippen LogP contribution in [0.5, 0.6) is 5.75 Å². The summed E-state index contributed by atoms with van der Waals surface area (Å²) in [7, 11) is 0. The molecule has 1 aliphatic carbocycles. The van der Waals surface area contributed by atoms with Gasteiger partial charge in [-0.3, -0.25) is 14.5 Å². The van der Waals surface area contributed by atoms with Crippen molar-refractivity contribution in [3.63, 3.8) is 0 Å². The monoisotopic (exact) mass is 374 g/mol. The molecule has 1 aromatic carbocycles. The van der Waals surface area contributed by atoms with Gasteiger partial charge in [0.25, 0.3) is 0 Å². The number of aliphatic hydroxyl groups is 1. The second-order valence-corrected chi connectivity index (χ2v) is 7.66. The van der Waals surface area contributed by atoms with Crippen LogP contribution in [0.1, 0.15) is 43.0 Å². The van der Waals surface area contributed by atoms with Crippen molar-refractivity contribution in [3.8, 4) is 5.75 Å². The maximum Gasteiger partial charge on any atom is 0.225 e. The van der Waals surface area contributed by atoms with E-state index in [-0.39, 0.29) is 18.3 Å². The van der Waals surface area contributed by atoms with Crippen molar-refractivity contribution in [1.82, 2.24) is 9.80 Å². The number of nitrogens with zero attached hydrogens (tertiary/aromatic N) is 2. The Bertz CT molecular complexity index is 649. The summed E-state index contributed by atoms with van der Waals surface area (Å²) in [6.45, 7) is 5.28. The Morgan fingerprint density at radius 1 is 1.19 bits per heavy atom. The maximum absolute atomic E-state index is 12.5. The molecule has 1 aliphatic heterocycles. The fourth-order valence-electron chi connectivity index (χ4n) is 3.93. The van der Waals surface area contributed by atoms with Crippen LogP contribution in [0.3, 0.4) is 0 Å². The summed E-state index contributed by atoms with van der Waals surface area (Å²) < 4.78 is 5.63. The van der Waals surface area contributed by atoms with E-state index in [0.717, 1.165) is 39.0 Å². The second-order valence-electron chi connectivity index (χ2n) is 7.66. The van der Waals surface area contributed by atoms with Gasteiger partial charge in [-0.15, -0.1) is 0 Å². The molecule has 2 aliphatic rings. The number of aliphatic hydroxyl groups excluding tert-OH is 1. The highest BCUT2D eigenvalue weighted by atomic mass is 16.5. The van der Waals surface area contributed by atoms with E-state index >= 15 is 0 Å². The van der Waals surface area contributed by atoms with Gasteiger partial charge >= 0.3 is 0 Å². The second kappa shape index (κ2) is 9.33. The SMILES string of the molecule is CC(=O)c1cccc(OCC(O)CN2CCN(C(=O)C3CCCC3)CC2)c1. The lowest BCUT2D eigenvalue weighted by molar-refractivity contribution is -0.137. The van der Waals surface area contributed by atoms with E-state index < -0.39 is 6.10 Å². The van der Waals surface area contributed by atoms with E-state index in [4.69, 9.17) is 4.74 Å². The number of ketones is 1. The average molecular weight is 374 g/mol. The van der Waals surface area contributed by atoms with Gasteiger partial charge in [-0.2, -0.15) is 0 Å². The molecule has 6 heteroatoms. The van der Waals surface area contributed by atoms with E-state index in [1.807, 2.05) is 4.90 Å². The van der Waals surface area contributed by atoms with E-state index in [9.17, 15) is 14.7 Å². The summed E-state index contributed by atoms with van der Waals surface area (Å²) in [6, 6.07) is 7.01. The van der Waals surface area contributed by atoms with E-state index in [1.54, 1.807) is 24.3 Å². The first-order chi connectivity index (χ1) is 13.0. The highest BCUT2D eigenvalue weighted by Crippen LogP contribution is 2.27. The summed E-state index contributed by atoms with van der Waals surface area (Å²) in [5.74, 6) is 1.14. The number of Topliss-reactive ketones (excluding diaryl/α,β-unsaturated/α-hetero) is 1. The van der Waals surface area contributed by atoms with Gasteiger partial charge in [-0.1, -0.05) is 25.0 Å². The highest BCUT2D eigenvalue weighted by Gasteiger charge is 2.29. The molecular formula is C21H30N2O4. The van der Waals surface area contributed by atoms with Crippen molar-refractivity contribution >= 4 is 11.7 Å². The van der Waals surface area contributed by atoms with Gasteiger partial charge in [-0.05, 0) is 31.9 Å². The van der Waals surface area contributed by atoms with Crippen molar-refractivity contribution in [2.24, 2.45) is 5.92 Å². The minimum Gasteiger partial charge on any atom is -0.491 e. The lowest BCUT2D eigenvalue weighted by Gasteiger charge is -2.36. The number of ether oxygens (including phenoxy) is 1. The van der Waals surface area contributed by atoms with E-state index in [1.165, 1.54) is 19.8 Å². The zero-order valence-corrected chi connectivity index (χ0v) is 16.1. The number of benzene rings is 1. The minimum absolute atomic E-state index is 0.00831. The first-order valence-electron chi connectivity index (χ1n) is 9.96. The van der Waals surface area contributed by atoms with Gasteiger partial charge < -0.3 is 14.7 Å². The first kappa shape index (κ1) is 19.8.